The van der Waals surface area contributed by atoms with E-state index in [9.17, 15) is 14.3 Å². The summed E-state index contributed by atoms with van der Waals surface area (Å²) in [4.78, 5) is 12.6. The molecule has 0 spiro atoms. The number of benzene rings is 1. The summed E-state index contributed by atoms with van der Waals surface area (Å²) >= 11 is 10.6. The molecule has 150 valence electrons. The second-order valence-corrected chi connectivity index (χ2v) is 8.27. The van der Waals surface area contributed by atoms with Gasteiger partial charge in [-0.2, -0.15) is 0 Å². The summed E-state index contributed by atoms with van der Waals surface area (Å²) in [7, 11) is 0. The van der Waals surface area contributed by atoms with Gasteiger partial charge in [-0.1, -0.05) is 11.6 Å². The number of aliphatic hydroxyl groups excluding tert-OH is 1. The molecule has 10 heteroatoms. The van der Waals surface area contributed by atoms with E-state index in [-0.39, 0.29) is 28.1 Å². The first-order chi connectivity index (χ1) is 13.3. The molecule has 0 saturated heterocycles. The fourth-order valence-corrected chi connectivity index (χ4v) is 4.54. The first-order valence-electron chi connectivity index (χ1n) is 8.95. The molecule has 1 unspecified atom stereocenters. The van der Waals surface area contributed by atoms with E-state index < -0.39 is 22.9 Å². The van der Waals surface area contributed by atoms with Crippen LogP contribution in [0.1, 0.15) is 38.0 Å². The van der Waals surface area contributed by atoms with Crippen LogP contribution in [0.5, 0.6) is 5.75 Å². The van der Waals surface area contributed by atoms with Gasteiger partial charge in [-0.15, -0.1) is 5.10 Å². The van der Waals surface area contributed by atoms with Gasteiger partial charge in [0.2, 0.25) is 5.89 Å². The van der Waals surface area contributed by atoms with Crippen LogP contribution in [0.4, 0.5) is 4.39 Å². The summed E-state index contributed by atoms with van der Waals surface area (Å²) in [6, 6.07) is 4.00. The molecule has 3 aliphatic rings. The van der Waals surface area contributed by atoms with Crippen molar-refractivity contribution >= 4 is 29.7 Å². The fraction of sp³-hybridized carbons (Fsp3) is 0.500. The van der Waals surface area contributed by atoms with Crippen molar-refractivity contribution in [3.63, 3.8) is 0 Å². The lowest BCUT2D eigenvalue weighted by Gasteiger charge is -2.54. The molecule has 0 radical (unpaired) electrons. The van der Waals surface area contributed by atoms with Crippen molar-refractivity contribution in [1.82, 2.24) is 15.5 Å². The second kappa shape index (κ2) is 7.13. The highest BCUT2D eigenvalue weighted by atomic mass is 35.5. The Morgan fingerprint density at radius 3 is 2.82 bits per heavy atom. The average Bonchev–Trinajstić information content (AvgIpc) is 3.10. The fourth-order valence-electron chi connectivity index (χ4n) is 4.30. The maximum atomic E-state index is 13.5. The van der Waals surface area contributed by atoms with Crippen LogP contribution in [0, 0.1) is 10.7 Å². The molecule has 7 nitrogen and oxygen atoms in total. The summed E-state index contributed by atoms with van der Waals surface area (Å²) in [5.41, 5.74) is -1.07. The Kier molecular flexibility index (Phi) is 4.93. The van der Waals surface area contributed by atoms with Crippen LogP contribution in [0.15, 0.2) is 22.6 Å². The van der Waals surface area contributed by atoms with Crippen molar-refractivity contribution in [3.8, 4) is 5.75 Å². The number of H-pyrrole nitrogens is 1. The number of rotatable bonds is 5. The summed E-state index contributed by atoms with van der Waals surface area (Å²) < 4.78 is 24.3. The van der Waals surface area contributed by atoms with E-state index >= 15 is 0 Å². The highest BCUT2D eigenvalue weighted by Gasteiger charge is 2.57. The third-order valence-corrected chi connectivity index (χ3v) is 6.33. The number of aliphatic hydroxyl groups is 1. The van der Waals surface area contributed by atoms with Crippen LogP contribution >= 0.6 is 23.8 Å². The lowest BCUT2D eigenvalue weighted by Crippen LogP contribution is -2.64. The Hall–Kier alpha value is -1.97. The molecule has 1 amide bonds. The highest BCUT2D eigenvalue weighted by Crippen LogP contribution is 2.53. The predicted molar refractivity (Wildman–Crippen MR) is 100 cm³/mol. The zero-order valence-corrected chi connectivity index (χ0v) is 16.4. The van der Waals surface area contributed by atoms with Crippen molar-refractivity contribution in [2.45, 2.75) is 49.2 Å². The molecule has 1 aromatic carbocycles. The number of amides is 1. The quantitative estimate of drug-likeness (QED) is 0.634. The van der Waals surface area contributed by atoms with E-state index in [0.717, 1.165) is 6.07 Å². The van der Waals surface area contributed by atoms with Crippen molar-refractivity contribution in [2.24, 2.45) is 0 Å². The summed E-state index contributed by atoms with van der Waals surface area (Å²) in [5.74, 6) is -0.282. The summed E-state index contributed by atoms with van der Waals surface area (Å²) in [6.07, 6.45) is 2.30. The number of hydrogen-bond acceptors (Lipinski definition) is 6. The molecule has 3 N–H and O–H groups in total. The number of nitrogens with zero attached hydrogens (tertiary/aromatic N) is 1. The van der Waals surface area contributed by atoms with Gasteiger partial charge >= 0.3 is 0 Å². The molecule has 1 heterocycles. The summed E-state index contributed by atoms with van der Waals surface area (Å²) in [5, 5.41) is 20.5. The molecule has 2 aromatic rings. The molecule has 3 fully saturated rings. The maximum absolute atomic E-state index is 13.5. The monoisotopic (exact) mass is 427 g/mol. The topological polar surface area (TPSA) is 100 Å². The van der Waals surface area contributed by atoms with Crippen LogP contribution in [0.3, 0.4) is 0 Å². The average molecular weight is 428 g/mol. The van der Waals surface area contributed by atoms with Gasteiger partial charge in [0, 0.05) is 11.6 Å². The minimum Gasteiger partial charge on any atom is -0.484 e. The van der Waals surface area contributed by atoms with Crippen molar-refractivity contribution in [1.29, 1.82) is 0 Å². The number of carbonyl (C=O) groups excluding carboxylic acids is 1. The molecule has 1 atom stereocenters. The van der Waals surface area contributed by atoms with Crippen LogP contribution in [0.2, 0.25) is 5.02 Å². The van der Waals surface area contributed by atoms with E-state index in [0.29, 0.717) is 38.0 Å². The molecular weight excluding hydrogens is 409 g/mol. The van der Waals surface area contributed by atoms with Gasteiger partial charge in [-0.25, -0.2) is 9.49 Å². The molecule has 2 bridgehead atoms. The highest BCUT2D eigenvalue weighted by molar-refractivity contribution is 7.71. The third kappa shape index (κ3) is 3.42. The molecule has 5 rings (SSSR count). The Labute approximate surface area is 170 Å². The van der Waals surface area contributed by atoms with Crippen LogP contribution in [0.25, 0.3) is 0 Å². The molecule has 28 heavy (non-hydrogen) atoms. The normalized spacial score (nSPS) is 28.9. The predicted octanol–water partition coefficient (Wildman–Crippen LogP) is 3.04. The molecule has 3 aliphatic carbocycles. The lowest BCUT2D eigenvalue weighted by atomic mass is 9.55. The maximum Gasteiger partial charge on any atom is 0.284 e. The second-order valence-electron chi connectivity index (χ2n) is 7.49. The molecule has 3 saturated carbocycles. The molecular formula is C18H19ClFN3O4S. The first kappa shape index (κ1) is 19.4. The van der Waals surface area contributed by atoms with Gasteiger partial charge in [0.05, 0.1) is 16.5 Å². The zero-order chi connectivity index (χ0) is 19.9. The van der Waals surface area contributed by atoms with Crippen LogP contribution < -0.4 is 10.1 Å². The number of aromatic amines is 1. The Morgan fingerprint density at radius 1 is 1.46 bits per heavy atom. The smallest absolute Gasteiger partial charge is 0.284 e. The van der Waals surface area contributed by atoms with Gasteiger partial charge in [0.1, 0.15) is 11.6 Å². The number of halogens is 2. The minimum absolute atomic E-state index is 0.00983. The van der Waals surface area contributed by atoms with Crippen LogP contribution in [-0.2, 0) is 10.2 Å². The number of hydrogen-bond donors (Lipinski definition) is 3. The first-order valence-corrected chi connectivity index (χ1v) is 9.74. The Balaban J connectivity index is 1.39. The van der Waals surface area contributed by atoms with E-state index in [1.54, 1.807) is 0 Å². The van der Waals surface area contributed by atoms with Crippen molar-refractivity contribution < 1.29 is 23.4 Å². The SMILES string of the molecule is O=C(COc1ccc(Cl)c(F)c1)NC12CCC(c3n[nH]c(=S)o3)(CC1)C(O)C2. The number of carbonyl (C=O) groups is 1. The van der Waals surface area contributed by atoms with E-state index in [1.807, 2.05) is 0 Å². The van der Waals surface area contributed by atoms with E-state index in [1.165, 1.54) is 12.1 Å². The van der Waals surface area contributed by atoms with Gasteiger partial charge in [0.25, 0.3) is 10.7 Å². The van der Waals surface area contributed by atoms with E-state index in [2.05, 4.69) is 15.5 Å². The van der Waals surface area contributed by atoms with Crippen molar-refractivity contribution in [2.75, 3.05) is 6.61 Å². The van der Waals surface area contributed by atoms with Crippen LogP contribution in [-0.4, -0.2) is 39.5 Å². The largest absolute Gasteiger partial charge is 0.484 e. The van der Waals surface area contributed by atoms with Gasteiger partial charge in [-0.05, 0) is 56.5 Å². The number of aromatic nitrogens is 2. The van der Waals surface area contributed by atoms with Gasteiger partial charge in [0.15, 0.2) is 6.61 Å². The van der Waals surface area contributed by atoms with E-state index in [4.69, 9.17) is 33.0 Å². The zero-order valence-electron chi connectivity index (χ0n) is 14.8. The Morgan fingerprint density at radius 2 is 2.21 bits per heavy atom. The molecule has 1 aromatic heterocycles. The number of nitrogens with one attached hydrogen (secondary N) is 2. The van der Waals surface area contributed by atoms with Crippen molar-refractivity contribution in [3.05, 3.63) is 39.8 Å². The summed E-state index contributed by atoms with van der Waals surface area (Å²) in [6.45, 7) is -0.252. The lowest BCUT2D eigenvalue weighted by molar-refractivity contribution is -0.129. The molecule has 0 aliphatic heterocycles. The standard InChI is InChI=1S/C18H19ClFN3O4S/c19-11-2-1-10(7-12(11)20)26-9-14(25)21-17-3-5-18(6-4-17,13(24)8-17)15-22-23-16(28)27-15/h1-2,7,13,24H,3-6,8-9H2,(H,21,25)(H,23,28). The number of fused-ring (bicyclic) bond motifs is 3. The van der Waals surface area contributed by atoms with Gasteiger partial charge in [-0.3, -0.25) is 4.79 Å². The number of ether oxygens (including phenoxy) is 1. The minimum atomic E-state index is -0.706. The third-order valence-electron chi connectivity index (χ3n) is 5.85. The van der Waals surface area contributed by atoms with Gasteiger partial charge < -0.3 is 19.6 Å². The Bertz CT molecular complexity index is 954.